The van der Waals surface area contributed by atoms with E-state index in [0.717, 1.165) is 66.6 Å². The van der Waals surface area contributed by atoms with E-state index in [1.54, 1.807) is 0 Å². The molecule has 8 heteroatoms. The fourth-order valence-electron chi connectivity index (χ4n) is 5.48. The number of amides is 1. The average Bonchev–Trinajstić information content (AvgIpc) is 3.19. The average molecular weight is 636 g/mol. The van der Waals surface area contributed by atoms with Crippen LogP contribution in [0.3, 0.4) is 0 Å². The van der Waals surface area contributed by atoms with Gasteiger partial charge >= 0.3 is 0 Å². The van der Waals surface area contributed by atoms with Crippen LogP contribution in [0.4, 0.5) is 11.6 Å². The maximum absolute atomic E-state index is 13.5. The molecular formula is C38H61N5O3. The number of carbonyl (C=O) groups excluding carboxylic acids is 1. The molecule has 1 N–H and O–H groups in total. The first kappa shape index (κ1) is 37.2. The van der Waals surface area contributed by atoms with Crippen molar-refractivity contribution in [3.63, 3.8) is 0 Å². The fourth-order valence-corrected chi connectivity index (χ4v) is 5.48. The third kappa shape index (κ3) is 11.5. The van der Waals surface area contributed by atoms with Crippen LogP contribution in [0.5, 0.6) is 11.5 Å². The van der Waals surface area contributed by atoms with Gasteiger partial charge in [0, 0.05) is 37.0 Å². The van der Waals surface area contributed by atoms with E-state index in [2.05, 4.69) is 70.3 Å². The van der Waals surface area contributed by atoms with Crippen LogP contribution in [-0.2, 0) is 6.54 Å². The van der Waals surface area contributed by atoms with Crippen LogP contribution in [-0.4, -0.2) is 71.7 Å². The molecule has 2 aliphatic heterocycles. The lowest BCUT2D eigenvalue weighted by Gasteiger charge is -2.24. The van der Waals surface area contributed by atoms with Crippen molar-refractivity contribution in [1.82, 2.24) is 19.4 Å². The third-order valence-corrected chi connectivity index (χ3v) is 8.18. The highest BCUT2D eigenvalue weighted by atomic mass is 16.6. The Kier molecular flexibility index (Phi) is 15.7. The predicted octanol–water partition coefficient (Wildman–Crippen LogP) is 9.01. The van der Waals surface area contributed by atoms with Gasteiger partial charge in [0.05, 0.1) is 11.0 Å². The summed E-state index contributed by atoms with van der Waals surface area (Å²) < 4.78 is 13.5. The normalized spacial score (nSPS) is 14.7. The summed E-state index contributed by atoms with van der Waals surface area (Å²) in [6.07, 6.45) is 8.98. The minimum absolute atomic E-state index is 0.0957. The third-order valence-electron chi connectivity index (χ3n) is 8.18. The molecule has 2 aliphatic rings. The molecule has 5 rings (SSSR count). The van der Waals surface area contributed by atoms with Crippen molar-refractivity contribution in [3.05, 3.63) is 42.0 Å². The molecule has 1 saturated heterocycles. The van der Waals surface area contributed by atoms with E-state index in [-0.39, 0.29) is 5.91 Å². The van der Waals surface area contributed by atoms with Crippen LogP contribution in [0, 0.1) is 11.8 Å². The number of ether oxygens (including phenoxy) is 2. The quantitative estimate of drug-likeness (QED) is 0.240. The van der Waals surface area contributed by atoms with E-state index in [0.29, 0.717) is 30.6 Å². The molecule has 46 heavy (non-hydrogen) atoms. The Morgan fingerprint density at radius 2 is 1.48 bits per heavy atom. The Balaban J connectivity index is 0.000000445. The Morgan fingerprint density at radius 1 is 0.870 bits per heavy atom. The number of rotatable bonds is 10. The minimum Gasteiger partial charge on any atom is -0.486 e. The van der Waals surface area contributed by atoms with Crippen LogP contribution in [0.1, 0.15) is 104 Å². The second kappa shape index (κ2) is 19.4. The van der Waals surface area contributed by atoms with Crippen LogP contribution in [0.15, 0.2) is 36.4 Å². The van der Waals surface area contributed by atoms with Gasteiger partial charge < -0.3 is 29.2 Å². The smallest absolute Gasteiger partial charge is 0.253 e. The van der Waals surface area contributed by atoms with Gasteiger partial charge in [-0.1, -0.05) is 60.8 Å². The van der Waals surface area contributed by atoms with Crippen molar-refractivity contribution in [1.29, 1.82) is 0 Å². The van der Waals surface area contributed by atoms with Gasteiger partial charge in [0.25, 0.3) is 5.91 Å². The minimum atomic E-state index is 0.0957. The lowest BCUT2D eigenvalue weighted by atomic mass is 10.1. The van der Waals surface area contributed by atoms with E-state index in [1.165, 1.54) is 45.2 Å². The van der Waals surface area contributed by atoms with Gasteiger partial charge in [0.15, 0.2) is 11.5 Å². The Hall–Kier alpha value is -3.26. The Labute approximate surface area is 278 Å². The Morgan fingerprint density at radius 3 is 2.07 bits per heavy atom. The van der Waals surface area contributed by atoms with Gasteiger partial charge in [-0.15, -0.1) is 0 Å². The summed E-state index contributed by atoms with van der Waals surface area (Å²) in [5, 5.41) is 3.42. The molecule has 0 aliphatic carbocycles. The molecule has 0 spiro atoms. The molecule has 1 amide bonds. The van der Waals surface area contributed by atoms with Crippen LogP contribution in [0.25, 0.3) is 11.0 Å². The number of hydrogen-bond acceptors (Lipinski definition) is 6. The van der Waals surface area contributed by atoms with E-state index in [1.807, 2.05) is 41.3 Å². The number of likely N-dealkylation sites (tertiary alicyclic amines) is 1. The zero-order chi connectivity index (χ0) is 33.5. The fraction of sp³-hybridized carbons (Fsp3) is 0.632. The highest BCUT2D eigenvalue weighted by molar-refractivity contribution is 5.98. The van der Waals surface area contributed by atoms with Crippen LogP contribution in [0.2, 0.25) is 0 Å². The number of nitrogens with one attached hydrogen (secondary N) is 1. The molecular weight excluding hydrogens is 574 g/mol. The summed E-state index contributed by atoms with van der Waals surface area (Å²) in [6.45, 7) is 21.2. The molecule has 256 valence electrons. The molecule has 0 radical (unpaired) electrons. The number of nitrogens with zero attached hydrogens (tertiary/aromatic N) is 4. The molecule has 0 bridgehead atoms. The molecule has 8 nitrogen and oxygen atoms in total. The van der Waals surface area contributed by atoms with Gasteiger partial charge in [0.1, 0.15) is 13.2 Å². The lowest BCUT2D eigenvalue weighted by molar-refractivity contribution is 0.0741. The van der Waals surface area contributed by atoms with E-state index >= 15 is 0 Å². The summed E-state index contributed by atoms with van der Waals surface area (Å²) >= 11 is 0. The maximum Gasteiger partial charge on any atom is 0.253 e. The SMILES string of the molecule is CCC.CCn1c(Nc2ccc3c(c2)OCCO3)nc2ccc(C(=O)N(CCC(C)C)CCC(C)C)cc21.CN1CCCCCC1. The van der Waals surface area contributed by atoms with E-state index < -0.39 is 0 Å². The summed E-state index contributed by atoms with van der Waals surface area (Å²) in [4.78, 5) is 22.8. The molecule has 3 heterocycles. The number of fused-ring (bicyclic) bond motifs is 2. The molecule has 1 aromatic heterocycles. The van der Waals surface area contributed by atoms with Crippen LogP contribution >= 0.6 is 0 Å². The second-order valence-electron chi connectivity index (χ2n) is 13.4. The highest BCUT2D eigenvalue weighted by Gasteiger charge is 2.20. The van der Waals surface area contributed by atoms with Gasteiger partial charge in [-0.3, -0.25) is 4.79 Å². The number of aryl methyl sites for hydroxylation is 1. The number of hydrogen-bond donors (Lipinski definition) is 1. The molecule has 0 unspecified atom stereocenters. The Bertz CT molecular complexity index is 1320. The zero-order valence-corrected chi connectivity index (χ0v) is 30.0. The molecule has 0 atom stereocenters. The molecule has 3 aromatic rings. The van der Waals surface area contributed by atoms with Crippen molar-refractivity contribution < 1.29 is 14.3 Å². The summed E-state index contributed by atoms with van der Waals surface area (Å²) in [5.41, 5.74) is 3.40. The number of carbonyl (C=O) groups is 1. The van der Waals surface area contributed by atoms with Gasteiger partial charge in [0.2, 0.25) is 5.95 Å². The number of anilines is 2. The summed E-state index contributed by atoms with van der Waals surface area (Å²) in [6, 6.07) is 11.7. The molecule has 2 aromatic carbocycles. The topological polar surface area (TPSA) is 71.9 Å². The number of aromatic nitrogens is 2. The monoisotopic (exact) mass is 635 g/mol. The van der Waals surface area contributed by atoms with Gasteiger partial charge in [-0.2, -0.15) is 0 Å². The standard InChI is InChI=1S/C28H38N4O3.C7H15N.C3H8/c1-6-32-24-17-21(27(33)31(13-11-19(2)3)14-12-20(4)5)7-9-23(24)30-28(32)29-22-8-10-25-26(18-22)35-16-15-34-25;1-8-6-4-2-3-5-7-8;1-3-2/h7-10,17-20H,6,11-16H2,1-5H3,(H,29,30);2-7H2,1H3;3H2,1-2H3. The van der Waals surface area contributed by atoms with E-state index in [9.17, 15) is 4.79 Å². The molecule has 0 saturated carbocycles. The van der Waals surface area contributed by atoms with Gasteiger partial charge in [-0.25, -0.2) is 4.98 Å². The first-order valence-electron chi connectivity index (χ1n) is 17.8. The summed E-state index contributed by atoms with van der Waals surface area (Å²) in [5.74, 6) is 3.44. The lowest BCUT2D eigenvalue weighted by Crippen LogP contribution is -2.34. The molecule has 1 fully saturated rings. The highest BCUT2D eigenvalue weighted by Crippen LogP contribution is 2.34. The van der Waals surface area contributed by atoms with Crippen molar-refractivity contribution in [2.45, 2.75) is 100.0 Å². The van der Waals surface area contributed by atoms with E-state index in [4.69, 9.17) is 14.5 Å². The largest absolute Gasteiger partial charge is 0.486 e. The van der Waals surface area contributed by atoms with Crippen molar-refractivity contribution in [2.75, 3.05) is 51.8 Å². The second-order valence-corrected chi connectivity index (χ2v) is 13.4. The summed E-state index contributed by atoms with van der Waals surface area (Å²) in [7, 11) is 2.21. The van der Waals surface area contributed by atoms with Crippen molar-refractivity contribution in [2.24, 2.45) is 11.8 Å². The van der Waals surface area contributed by atoms with Crippen LogP contribution < -0.4 is 14.8 Å². The first-order chi connectivity index (χ1) is 22.2. The zero-order valence-electron chi connectivity index (χ0n) is 30.0. The number of benzene rings is 2. The number of imidazole rings is 1. The van der Waals surface area contributed by atoms with Gasteiger partial charge in [-0.05, 0) is 94.9 Å². The predicted molar refractivity (Wildman–Crippen MR) is 193 cm³/mol. The maximum atomic E-state index is 13.5. The van der Waals surface area contributed by atoms with Crippen molar-refractivity contribution >= 4 is 28.6 Å². The van der Waals surface area contributed by atoms with Crippen molar-refractivity contribution in [3.8, 4) is 11.5 Å². The first-order valence-corrected chi connectivity index (χ1v) is 17.8.